The minimum absolute atomic E-state index is 0.135. The molecule has 1 aromatic carbocycles. The van der Waals surface area contributed by atoms with Gasteiger partial charge < -0.3 is 4.90 Å². The fraction of sp³-hybridized carbons (Fsp3) is 0.429. The summed E-state index contributed by atoms with van der Waals surface area (Å²) in [6.07, 6.45) is 0. The fourth-order valence-corrected chi connectivity index (χ4v) is 2.97. The number of hydrogen-bond donors (Lipinski definition) is 0. The van der Waals surface area contributed by atoms with Crippen LogP contribution in [0.2, 0.25) is 0 Å². The maximum absolute atomic E-state index is 12.7. The Morgan fingerprint density at radius 3 is 2.33 bits per heavy atom. The summed E-state index contributed by atoms with van der Waals surface area (Å²) in [6.45, 7) is 11.9. The van der Waals surface area contributed by atoms with Crippen LogP contribution in [0.25, 0.3) is 0 Å². The second-order valence-corrected chi connectivity index (χ2v) is 8.29. The van der Waals surface area contributed by atoms with Crippen molar-refractivity contribution in [2.75, 3.05) is 19.0 Å². The summed E-state index contributed by atoms with van der Waals surface area (Å²) >= 11 is 0. The second kappa shape index (κ2) is 6.44. The second-order valence-electron chi connectivity index (χ2n) is 8.29. The van der Waals surface area contributed by atoms with Gasteiger partial charge in [0.15, 0.2) is 5.82 Å². The molecule has 0 bridgehead atoms. The summed E-state index contributed by atoms with van der Waals surface area (Å²) < 4.78 is 1.39. The van der Waals surface area contributed by atoms with Crippen LogP contribution in [0.1, 0.15) is 43.4 Å². The molecule has 0 unspecified atom stereocenters. The number of anilines is 1. The van der Waals surface area contributed by atoms with Gasteiger partial charge in [-0.25, -0.2) is 9.98 Å². The molecule has 3 rings (SSSR count). The molecule has 0 aliphatic carbocycles. The van der Waals surface area contributed by atoms with Crippen molar-refractivity contribution in [1.82, 2.24) is 9.66 Å². The predicted molar refractivity (Wildman–Crippen MR) is 112 cm³/mol. The monoisotopic (exact) mass is 365 g/mol. The quantitative estimate of drug-likeness (QED) is 0.816. The number of hydrogen-bond acceptors (Lipinski definition) is 5. The number of benzene rings is 1. The van der Waals surface area contributed by atoms with Crippen LogP contribution >= 0.6 is 0 Å². The lowest BCUT2D eigenvalue weighted by Gasteiger charge is -2.18. The SMILES string of the molecule is Cc1cc(N(C)C)ccc1N=C1C(C(C)(C)C)=Nn2c1nc(C)c(C)c2=O. The van der Waals surface area contributed by atoms with E-state index in [1.54, 1.807) is 6.92 Å². The van der Waals surface area contributed by atoms with Crippen LogP contribution in [0.15, 0.2) is 33.1 Å². The topological polar surface area (TPSA) is 62.9 Å². The van der Waals surface area contributed by atoms with Crippen molar-refractivity contribution in [2.45, 2.75) is 41.5 Å². The summed E-state index contributed by atoms with van der Waals surface area (Å²) in [4.78, 5) is 24.3. The normalized spacial score (nSPS) is 15.1. The van der Waals surface area contributed by atoms with E-state index in [1.165, 1.54) is 4.68 Å². The average molecular weight is 365 g/mol. The fourth-order valence-electron chi connectivity index (χ4n) is 2.97. The molecule has 0 fully saturated rings. The molecule has 6 heteroatoms. The van der Waals surface area contributed by atoms with Gasteiger partial charge in [-0.05, 0) is 44.5 Å². The van der Waals surface area contributed by atoms with Gasteiger partial charge in [-0.3, -0.25) is 4.79 Å². The Kier molecular flexibility index (Phi) is 4.54. The molecule has 2 aromatic rings. The third kappa shape index (κ3) is 3.31. The van der Waals surface area contributed by atoms with Crippen LogP contribution in [0.3, 0.4) is 0 Å². The van der Waals surface area contributed by atoms with E-state index in [2.05, 4.69) is 41.8 Å². The van der Waals surface area contributed by atoms with E-state index in [9.17, 15) is 4.79 Å². The molecule has 0 N–H and O–H groups in total. The van der Waals surface area contributed by atoms with E-state index in [0.717, 1.165) is 22.6 Å². The van der Waals surface area contributed by atoms with E-state index < -0.39 is 0 Å². The van der Waals surface area contributed by atoms with E-state index in [1.807, 2.05) is 40.1 Å². The molecule has 0 radical (unpaired) electrons. The molecule has 1 aliphatic rings. The Morgan fingerprint density at radius 1 is 1.11 bits per heavy atom. The van der Waals surface area contributed by atoms with Gasteiger partial charge in [-0.2, -0.15) is 9.78 Å². The number of fused-ring (bicyclic) bond motifs is 1. The number of rotatable bonds is 2. The van der Waals surface area contributed by atoms with Crippen LogP contribution < -0.4 is 10.5 Å². The Labute approximate surface area is 160 Å². The lowest BCUT2D eigenvalue weighted by Crippen LogP contribution is -2.28. The summed E-state index contributed by atoms with van der Waals surface area (Å²) in [7, 11) is 4.03. The average Bonchev–Trinajstić information content (AvgIpc) is 2.93. The maximum Gasteiger partial charge on any atom is 0.277 e. The number of aliphatic imine (C=N–C) groups is 1. The summed E-state index contributed by atoms with van der Waals surface area (Å²) in [5, 5.41) is 4.60. The van der Waals surface area contributed by atoms with Gasteiger partial charge in [0.2, 0.25) is 0 Å². The zero-order valence-electron chi connectivity index (χ0n) is 17.4. The Morgan fingerprint density at radius 2 is 1.78 bits per heavy atom. The highest BCUT2D eigenvalue weighted by Gasteiger charge is 2.34. The molecule has 1 aromatic heterocycles. The van der Waals surface area contributed by atoms with E-state index in [0.29, 0.717) is 22.8 Å². The third-order valence-corrected chi connectivity index (χ3v) is 4.81. The zero-order chi connectivity index (χ0) is 20.1. The molecule has 142 valence electrons. The third-order valence-electron chi connectivity index (χ3n) is 4.81. The van der Waals surface area contributed by atoms with Crippen molar-refractivity contribution in [3.05, 3.63) is 51.2 Å². The molecular formula is C21H27N5O. The Hall–Kier alpha value is -2.76. The summed E-state index contributed by atoms with van der Waals surface area (Å²) in [5.41, 5.74) is 5.40. The first-order valence-corrected chi connectivity index (χ1v) is 9.08. The minimum atomic E-state index is -0.266. The van der Waals surface area contributed by atoms with Crippen LogP contribution in [0.4, 0.5) is 11.4 Å². The highest BCUT2D eigenvalue weighted by molar-refractivity contribution is 6.50. The van der Waals surface area contributed by atoms with E-state index >= 15 is 0 Å². The van der Waals surface area contributed by atoms with Gasteiger partial charge in [-0.15, -0.1) is 0 Å². The van der Waals surface area contributed by atoms with Crippen molar-refractivity contribution in [3.63, 3.8) is 0 Å². The van der Waals surface area contributed by atoms with Crippen LogP contribution in [0, 0.1) is 26.2 Å². The molecule has 2 heterocycles. The van der Waals surface area contributed by atoms with Crippen molar-refractivity contribution >= 4 is 22.8 Å². The van der Waals surface area contributed by atoms with Crippen LogP contribution in [-0.4, -0.2) is 35.2 Å². The van der Waals surface area contributed by atoms with Gasteiger partial charge in [0.05, 0.1) is 11.4 Å². The van der Waals surface area contributed by atoms with Gasteiger partial charge >= 0.3 is 0 Å². The Bertz CT molecular complexity index is 1040. The minimum Gasteiger partial charge on any atom is -0.378 e. The molecule has 6 nitrogen and oxygen atoms in total. The van der Waals surface area contributed by atoms with Crippen molar-refractivity contribution in [3.8, 4) is 0 Å². The van der Waals surface area contributed by atoms with Crippen LogP contribution in [-0.2, 0) is 0 Å². The molecule has 1 aliphatic heterocycles. The first-order chi connectivity index (χ1) is 12.5. The van der Waals surface area contributed by atoms with Gasteiger partial charge in [-0.1, -0.05) is 20.8 Å². The summed E-state index contributed by atoms with van der Waals surface area (Å²) in [5.74, 6) is 0.518. The van der Waals surface area contributed by atoms with Crippen molar-refractivity contribution in [2.24, 2.45) is 15.5 Å². The number of aryl methyl sites for hydroxylation is 2. The molecule has 27 heavy (non-hydrogen) atoms. The number of nitrogens with zero attached hydrogens (tertiary/aromatic N) is 5. The number of aromatic nitrogens is 2. The first-order valence-electron chi connectivity index (χ1n) is 9.08. The molecular weight excluding hydrogens is 338 g/mol. The predicted octanol–water partition coefficient (Wildman–Crippen LogP) is 3.62. The lowest BCUT2D eigenvalue weighted by atomic mass is 9.87. The lowest BCUT2D eigenvalue weighted by molar-refractivity contribution is 0.592. The summed E-state index contributed by atoms with van der Waals surface area (Å²) in [6, 6.07) is 6.14. The van der Waals surface area contributed by atoms with Gasteiger partial charge in [0, 0.05) is 36.5 Å². The molecule has 0 amide bonds. The maximum atomic E-state index is 12.7. The first kappa shape index (κ1) is 19.0. The molecule has 0 saturated heterocycles. The molecule has 0 saturated carbocycles. The Balaban J connectivity index is 2.24. The van der Waals surface area contributed by atoms with E-state index in [4.69, 9.17) is 4.99 Å². The highest BCUT2D eigenvalue weighted by atomic mass is 16.1. The highest BCUT2D eigenvalue weighted by Crippen LogP contribution is 2.29. The van der Waals surface area contributed by atoms with Crippen molar-refractivity contribution < 1.29 is 0 Å². The molecule has 0 atom stereocenters. The van der Waals surface area contributed by atoms with Crippen molar-refractivity contribution in [1.29, 1.82) is 0 Å². The smallest absolute Gasteiger partial charge is 0.277 e. The van der Waals surface area contributed by atoms with E-state index in [-0.39, 0.29) is 11.0 Å². The van der Waals surface area contributed by atoms with Gasteiger partial charge in [0.1, 0.15) is 5.71 Å². The standard InChI is InChI=1S/C21H27N5O/c1-12-11-15(25(7)8)9-10-16(12)23-17-18(21(4,5)6)24-26-19(17)22-14(3)13(2)20(26)27/h9-11H,1-8H3. The zero-order valence-corrected chi connectivity index (χ0v) is 17.4. The largest absolute Gasteiger partial charge is 0.378 e. The van der Waals surface area contributed by atoms with Gasteiger partial charge in [0.25, 0.3) is 5.56 Å². The molecule has 0 spiro atoms. The van der Waals surface area contributed by atoms with Crippen LogP contribution in [0.5, 0.6) is 0 Å².